The van der Waals surface area contributed by atoms with Crippen LogP contribution in [0.15, 0.2) is 23.8 Å². The topological polar surface area (TPSA) is 0 Å². The van der Waals surface area contributed by atoms with Crippen molar-refractivity contribution in [2.45, 2.75) is 52.4 Å². The zero-order valence-electron chi connectivity index (χ0n) is 9.05. The Balaban J connectivity index is 2.10. The molecule has 0 saturated carbocycles. The number of rotatable bonds is 4. The van der Waals surface area contributed by atoms with E-state index in [2.05, 4.69) is 32.1 Å². The van der Waals surface area contributed by atoms with Crippen molar-refractivity contribution in [3.8, 4) is 0 Å². The second-order valence-electron chi connectivity index (χ2n) is 4.19. The van der Waals surface area contributed by atoms with Crippen LogP contribution in [0, 0.1) is 5.92 Å². The van der Waals surface area contributed by atoms with E-state index in [1.54, 1.807) is 5.57 Å². The highest BCUT2D eigenvalue weighted by Gasteiger charge is 2.11. The third kappa shape index (κ3) is 4.31. The summed E-state index contributed by atoms with van der Waals surface area (Å²) >= 11 is 0. The summed E-state index contributed by atoms with van der Waals surface area (Å²) in [7, 11) is 0. The van der Waals surface area contributed by atoms with E-state index in [-0.39, 0.29) is 0 Å². The van der Waals surface area contributed by atoms with Crippen LogP contribution in [0.3, 0.4) is 0 Å². The Labute approximate surface area is 82.7 Å². The van der Waals surface area contributed by atoms with E-state index in [0.717, 1.165) is 5.92 Å². The monoisotopic (exact) mass is 178 g/mol. The fourth-order valence-electron chi connectivity index (χ4n) is 1.97. The molecular formula is C13H22. The van der Waals surface area contributed by atoms with E-state index in [9.17, 15) is 0 Å². The molecule has 0 heterocycles. The standard InChI is InChI=1S/C13H22/c1-3-4-5-6-7-13-10-8-12(2)9-11-13/h3-4,8,13H,5-7,9-11H2,1-2H3. The van der Waals surface area contributed by atoms with Crippen LogP contribution in [0.2, 0.25) is 0 Å². The van der Waals surface area contributed by atoms with Crippen molar-refractivity contribution < 1.29 is 0 Å². The van der Waals surface area contributed by atoms with Gasteiger partial charge < -0.3 is 0 Å². The summed E-state index contributed by atoms with van der Waals surface area (Å²) in [5.41, 5.74) is 1.60. The largest absolute Gasteiger partial charge is 0.0917 e. The molecule has 0 fully saturated rings. The molecule has 1 unspecified atom stereocenters. The first-order chi connectivity index (χ1) is 6.33. The van der Waals surface area contributed by atoms with Gasteiger partial charge in [-0.3, -0.25) is 0 Å². The summed E-state index contributed by atoms with van der Waals surface area (Å²) in [6, 6.07) is 0. The van der Waals surface area contributed by atoms with Crippen LogP contribution in [-0.4, -0.2) is 0 Å². The highest BCUT2D eigenvalue weighted by Crippen LogP contribution is 2.26. The van der Waals surface area contributed by atoms with Gasteiger partial charge in [-0.1, -0.05) is 23.8 Å². The highest BCUT2D eigenvalue weighted by molar-refractivity contribution is 5.02. The van der Waals surface area contributed by atoms with Gasteiger partial charge in [0.2, 0.25) is 0 Å². The minimum Gasteiger partial charge on any atom is -0.0917 e. The summed E-state index contributed by atoms with van der Waals surface area (Å²) in [4.78, 5) is 0. The second-order valence-corrected chi connectivity index (χ2v) is 4.19. The van der Waals surface area contributed by atoms with Gasteiger partial charge in [0, 0.05) is 0 Å². The van der Waals surface area contributed by atoms with Crippen LogP contribution in [0.1, 0.15) is 52.4 Å². The fourth-order valence-corrected chi connectivity index (χ4v) is 1.97. The molecule has 0 aromatic rings. The second kappa shape index (κ2) is 6.01. The Morgan fingerprint density at radius 1 is 1.54 bits per heavy atom. The predicted octanol–water partition coefficient (Wildman–Crippen LogP) is 4.48. The van der Waals surface area contributed by atoms with Gasteiger partial charge in [-0.25, -0.2) is 0 Å². The van der Waals surface area contributed by atoms with Gasteiger partial charge in [0.15, 0.2) is 0 Å². The van der Waals surface area contributed by atoms with Crippen LogP contribution in [-0.2, 0) is 0 Å². The number of allylic oxidation sites excluding steroid dienone is 4. The summed E-state index contributed by atoms with van der Waals surface area (Å²) in [6.45, 7) is 4.36. The molecule has 0 aromatic carbocycles. The van der Waals surface area contributed by atoms with Crippen LogP contribution >= 0.6 is 0 Å². The molecule has 0 aromatic heterocycles. The van der Waals surface area contributed by atoms with Gasteiger partial charge in [0.1, 0.15) is 0 Å². The summed E-state index contributed by atoms with van der Waals surface area (Å²) in [6.07, 6.45) is 15.1. The Hall–Kier alpha value is -0.520. The minimum absolute atomic E-state index is 0.981. The van der Waals surface area contributed by atoms with Crippen LogP contribution in [0.4, 0.5) is 0 Å². The summed E-state index contributed by atoms with van der Waals surface area (Å²) < 4.78 is 0. The molecule has 13 heavy (non-hydrogen) atoms. The number of unbranched alkanes of at least 4 members (excludes halogenated alkanes) is 1. The first-order valence-electron chi connectivity index (χ1n) is 5.59. The van der Waals surface area contributed by atoms with Crippen LogP contribution in [0.5, 0.6) is 0 Å². The number of hydrogen-bond acceptors (Lipinski definition) is 0. The van der Waals surface area contributed by atoms with E-state index in [4.69, 9.17) is 0 Å². The van der Waals surface area contributed by atoms with E-state index in [1.807, 2.05) is 0 Å². The van der Waals surface area contributed by atoms with Crippen molar-refractivity contribution in [1.82, 2.24) is 0 Å². The normalized spacial score (nSPS) is 23.5. The SMILES string of the molecule is CC=CCCCC1CC=C(C)CC1. The zero-order valence-corrected chi connectivity index (χ0v) is 9.05. The predicted molar refractivity (Wildman–Crippen MR) is 59.8 cm³/mol. The first kappa shape index (κ1) is 10.6. The van der Waals surface area contributed by atoms with Gasteiger partial charge >= 0.3 is 0 Å². The zero-order chi connectivity index (χ0) is 9.52. The number of hydrogen-bond donors (Lipinski definition) is 0. The third-order valence-corrected chi connectivity index (χ3v) is 2.97. The fraction of sp³-hybridized carbons (Fsp3) is 0.692. The quantitative estimate of drug-likeness (QED) is 0.440. The Kier molecular flexibility index (Phi) is 4.88. The molecule has 0 N–H and O–H groups in total. The molecule has 0 aliphatic heterocycles. The van der Waals surface area contributed by atoms with E-state index in [1.165, 1.54) is 38.5 Å². The highest BCUT2D eigenvalue weighted by atomic mass is 14.2. The van der Waals surface area contributed by atoms with E-state index < -0.39 is 0 Å². The molecule has 1 aliphatic carbocycles. The van der Waals surface area contributed by atoms with Crippen LogP contribution < -0.4 is 0 Å². The molecule has 0 bridgehead atoms. The molecule has 0 heteroatoms. The van der Waals surface area contributed by atoms with Crippen molar-refractivity contribution in [2.75, 3.05) is 0 Å². The van der Waals surface area contributed by atoms with Crippen molar-refractivity contribution in [3.63, 3.8) is 0 Å². The minimum atomic E-state index is 0.981. The lowest BCUT2D eigenvalue weighted by Crippen LogP contribution is -2.04. The van der Waals surface area contributed by atoms with E-state index >= 15 is 0 Å². The molecule has 0 nitrogen and oxygen atoms in total. The van der Waals surface area contributed by atoms with Gasteiger partial charge in [-0.15, -0.1) is 0 Å². The molecule has 0 amide bonds. The molecular weight excluding hydrogens is 156 g/mol. The third-order valence-electron chi connectivity index (χ3n) is 2.97. The van der Waals surface area contributed by atoms with Gasteiger partial charge in [-0.2, -0.15) is 0 Å². The molecule has 74 valence electrons. The van der Waals surface area contributed by atoms with Gasteiger partial charge in [0.05, 0.1) is 0 Å². The van der Waals surface area contributed by atoms with Crippen molar-refractivity contribution in [2.24, 2.45) is 5.92 Å². The van der Waals surface area contributed by atoms with Crippen molar-refractivity contribution in [1.29, 1.82) is 0 Å². The van der Waals surface area contributed by atoms with E-state index in [0.29, 0.717) is 0 Å². The van der Waals surface area contributed by atoms with Crippen molar-refractivity contribution >= 4 is 0 Å². The molecule has 0 spiro atoms. The Morgan fingerprint density at radius 3 is 3.00 bits per heavy atom. The molecule has 1 atom stereocenters. The summed E-state index contributed by atoms with van der Waals surface area (Å²) in [5, 5.41) is 0. The maximum Gasteiger partial charge on any atom is -0.0320 e. The molecule has 0 radical (unpaired) electrons. The lowest BCUT2D eigenvalue weighted by atomic mass is 9.87. The molecule has 0 saturated heterocycles. The maximum atomic E-state index is 2.43. The average Bonchev–Trinajstić information content (AvgIpc) is 2.15. The van der Waals surface area contributed by atoms with Crippen LogP contribution in [0.25, 0.3) is 0 Å². The Morgan fingerprint density at radius 2 is 2.38 bits per heavy atom. The van der Waals surface area contributed by atoms with Crippen molar-refractivity contribution in [3.05, 3.63) is 23.8 Å². The van der Waals surface area contributed by atoms with Gasteiger partial charge in [-0.05, 0) is 58.3 Å². The molecule has 1 aliphatic rings. The lowest BCUT2D eigenvalue weighted by Gasteiger charge is -2.19. The maximum absolute atomic E-state index is 2.43. The first-order valence-corrected chi connectivity index (χ1v) is 5.59. The smallest absolute Gasteiger partial charge is 0.0320 e. The summed E-state index contributed by atoms with van der Waals surface area (Å²) in [5.74, 6) is 0.981. The molecule has 1 rings (SSSR count). The van der Waals surface area contributed by atoms with Gasteiger partial charge in [0.25, 0.3) is 0 Å². The average molecular weight is 178 g/mol. The lowest BCUT2D eigenvalue weighted by molar-refractivity contribution is 0.426. The Bertz CT molecular complexity index is 186.